The van der Waals surface area contributed by atoms with Crippen molar-refractivity contribution in [3.8, 4) is 0 Å². The molecule has 0 aromatic heterocycles. The van der Waals surface area contributed by atoms with Gasteiger partial charge in [0.05, 0.1) is 34.3 Å². The molecule has 0 unspecified atom stereocenters. The van der Waals surface area contributed by atoms with Crippen LogP contribution in [0.4, 0.5) is 0 Å². The Kier molecular flexibility index (Phi) is 4.65. The number of rotatable bonds is 5. The number of hydrogen-bond donors (Lipinski definition) is 0. The summed E-state index contributed by atoms with van der Waals surface area (Å²) in [5, 5.41) is 10.0. The second-order valence-corrected chi connectivity index (χ2v) is 3.78. The zero-order valence-electron chi connectivity index (χ0n) is 7.39. The third-order valence-electron chi connectivity index (χ3n) is 1.47. The van der Waals surface area contributed by atoms with Crippen molar-refractivity contribution in [1.29, 1.82) is 0 Å². The Morgan fingerprint density at radius 1 is 1.00 bits per heavy atom. The van der Waals surface area contributed by atoms with Crippen molar-refractivity contribution >= 4 is 0 Å². The van der Waals surface area contributed by atoms with Gasteiger partial charge in [0.2, 0.25) is 0 Å². The van der Waals surface area contributed by atoms with Crippen LogP contribution in [0.25, 0.3) is 0 Å². The van der Waals surface area contributed by atoms with Crippen molar-refractivity contribution in [2.24, 2.45) is 0 Å². The molecule has 1 radical (unpaired) electrons. The highest BCUT2D eigenvalue weighted by molar-refractivity contribution is 4.38. The van der Waals surface area contributed by atoms with Crippen LogP contribution < -0.4 is 0 Å². The highest BCUT2D eigenvalue weighted by Crippen LogP contribution is 1.99. The van der Waals surface area contributed by atoms with Crippen molar-refractivity contribution in [1.82, 2.24) is 0 Å². The Hall–Kier alpha value is -0.0800. The van der Waals surface area contributed by atoms with E-state index in [1.54, 1.807) is 0 Å². The molecule has 2 nitrogen and oxygen atoms in total. The zero-order chi connectivity index (χ0) is 8.04. The van der Waals surface area contributed by atoms with Gasteiger partial charge in [-0.1, -0.05) is 0 Å². The summed E-state index contributed by atoms with van der Waals surface area (Å²) in [6.45, 7) is 1.27. The Morgan fingerprint density at radius 2 is 1.60 bits per heavy atom. The maximum absolute atomic E-state index is 10.0. The Bertz CT molecular complexity index is 75.8. The fourth-order valence-electron chi connectivity index (χ4n) is 0.865. The van der Waals surface area contributed by atoms with Gasteiger partial charge in [0.25, 0.3) is 0 Å². The molecule has 0 aromatic carbocycles. The van der Waals surface area contributed by atoms with Gasteiger partial charge in [0, 0.05) is 0 Å². The quantitative estimate of drug-likeness (QED) is 0.410. The van der Waals surface area contributed by atoms with Gasteiger partial charge >= 0.3 is 0 Å². The van der Waals surface area contributed by atoms with E-state index in [4.69, 9.17) is 0 Å². The van der Waals surface area contributed by atoms with E-state index in [9.17, 15) is 5.11 Å². The summed E-state index contributed by atoms with van der Waals surface area (Å²) < 4.78 is 1.01. The summed E-state index contributed by atoms with van der Waals surface area (Å²) in [6, 6.07) is 0. The lowest BCUT2D eigenvalue weighted by atomic mass is 10.2. The van der Waals surface area contributed by atoms with Gasteiger partial charge in [-0.2, -0.15) is 0 Å². The van der Waals surface area contributed by atoms with Crippen molar-refractivity contribution in [3.63, 3.8) is 0 Å². The molecule has 61 valence electrons. The molecule has 0 aliphatic carbocycles. The van der Waals surface area contributed by atoms with E-state index >= 15 is 0 Å². The van der Waals surface area contributed by atoms with Crippen LogP contribution >= 0.6 is 0 Å². The van der Waals surface area contributed by atoms with Crippen LogP contribution in [-0.4, -0.2) is 38.8 Å². The summed E-state index contributed by atoms with van der Waals surface area (Å²) in [6.07, 6.45) is 3.13. The molecule has 0 aromatic rings. The first kappa shape index (κ1) is 9.92. The summed E-state index contributed by atoms with van der Waals surface area (Å²) >= 11 is 0. The van der Waals surface area contributed by atoms with E-state index in [-0.39, 0.29) is 6.61 Å². The number of unbranched alkanes of at least 4 members (excludes halogenated alkanes) is 2. The molecule has 0 heterocycles. The lowest BCUT2D eigenvalue weighted by molar-refractivity contribution is -0.870. The van der Waals surface area contributed by atoms with Crippen molar-refractivity contribution in [2.75, 3.05) is 34.3 Å². The summed E-state index contributed by atoms with van der Waals surface area (Å²) in [5.74, 6) is 0. The molecule has 0 bridgehead atoms. The summed E-state index contributed by atoms with van der Waals surface area (Å²) in [4.78, 5) is 0. The number of hydrogen-bond acceptors (Lipinski definition) is 0. The molecular weight excluding hydrogens is 126 g/mol. The average Bonchev–Trinajstić information content (AvgIpc) is 1.78. The Morgan fingerprint density at radius 3 is 2.00 bits per heavy atom. The first-order valence-electron chi connectivity index (χ1n) is 3.95. The molecule has 0 atom stereocenters. The van der Waals surface area contributed by atoms with Crippen LogP contribution in [0.2, 0.25) is 0 Å². The highest BCUT2D eigenvalue weighted by atomic mass is 16.2. The van der Waals surface area contributed by atoms with Crippen molar-refractivity contribution < 1.29 is 9.59 Å². The molecule has 0 rings (SSSR count). The van der Waals surface area contributed by atoms with E-state index < -0.39 is 0 Å². The normalized spacial score (nSPS) is 12.0. The second kappa shape index (κ2) is 4.69. The lowest BCUT2D eigenvalue weighted by Crippen LogP contribution is -2.35. The zero-order valence-corrected chi connectivity index (χ0v) is 7.39. The Balaban J connectivity index is 3.04. The standard InChI is InChI=1S/C8H19NO/c1-9(2,3)7-5-4-6-8-10/h4-8H2,1-3H3/q+1. The fourth-order valence-corrected chi connectivity index (χ4v) is 0.865. The molecule has 0 N–H and O–H groups in total. The van der Waals surface area contributed by atoms with Crippen LogP contribution in [-0.2, 0) is 5.11 Å². The molecule has 0 amide bonds. The molecule has 0 saturated carbocycles. The molecule has 0 spiro atoms. The van der Waals surface area contributed by atoms with Gasteiger partial charge in [0.15, 0.2) is 0 Å². The largest absolute Gasteiger partial charge is 0.331 e. The van der Waals surface area contributed by atoms with Gasteiger partial charge < -0.3 is 4.48 Å². The molecular formula is C8H19NO+. The van der Waals surface area contributed by atoms with E-state index in [1.165, 1.54) is 13.0 Å². The van der Waals surface area contributed by atoms with E-state index in [2.05, 4.69) is 21.1 Å². The summed E-state index contributed by atoms with van der Waals surface area (Å²) in [7, 11) is 6.53. The van der Waals surface area contributed by atoms with Gasteiger partial charge in [-0.3, -0.25) is 0 Å². The van der Waals surface area contributed by atoms with Crippen LogP contribution in [0.5, 0.6) is 0 Å². The van der Waals surface area contributed by atoms with E-state index in [0.717, 1.165) is 17.3 Å². The first-order valence-corrected chi connectivity index (χ1v) is 3.95. The smallest absolute Gasteiger partial charge is 0.0822 e. The van der Waals surface area contributed by atoms with Crippen LogP contribution in [0.1, 0.15) is 19.3 Å². The molecule has 0 fully saturated rings. The monoisotopic (exact) mass is 145 g/mol. The van der Waals surface area contributed by atoms with Crippen LogP contribution in [0, 0.1) is 0 Å². The Labute approximate surface area is 64.1 Å². The highest BCUT2D eigenvalue weighted by Gasteiger charge is 2.04. The van der Waals surface area contributed by atoms with Gasteiger partial charge in [-0.15, -0.1) is 0 Å². The van der Waals surface area contributed by atoms with Crippen LogP contribution in [0.15, 0.2) is 0 Å². The van der Waals surface area contributed by atoms with Gasteiger partial charge in [-0.05, 0) is 19.3 Å². The lowest BCUT2D eigenvalue weighted by Gasteiger charge is -2.23. The third kappa shape index (κ3) is 7.92. The molecule has 0 saturated heterocycles. The third-order valence-corrected chi connectivity index (χ3v) is 1.47. The predicted octanol–water partition coefficient (Wildman–Crippen LogP) is 1.29. The maximum Gasteiger partial charge on any atom is 0.0822 e. The van der Waals surface area contributed by atoms with Crippen LogP contribution in [0.3, 0.4) is 0 Å². The first-order chi connectivity index (χ1) is 4.56. The number of nitrogens with zero attached hydrogens (tertiary/aromatic N) is 1. The van der Waals surface area contributed by atoms with Crippen molar-refractivity contribution in [2.45, 2.75) is 19.3 Å². The predicted molar refractivity (Wildman–Crippen MR) is 42.3 cm³/mol. The molecule has 10 heavy (non-hydrogen) atoms. The molecule has 0 aliphatic heterocycles. The minimum atomic E-state index is 0.0944. The number of quaternary nitrogens is 1. The average molecular weight is 145 g/mol. The SMILES string of the molecule is C[N+](C)(C)CCCCC[O]. The summed E-state index contributed by atoms with van der Waals surface area (Å²) in [5.41, 5.74) is 0. The van der Waals surface area contributed by atoms with E-state index in [1.807, 2.05) is 0 Å². The second-order valence-electron chi connectivity index (χ2n) is 3.78. The topological polar surface area (TPSA) is 19.9 Å². The molecule has 0 aliphatic rings. The fraction of sp³-hybridized carbons (Fsp3) is 1.00. The van der Waals surface area contributed by atoms with E-state index in [0.29, 0.717) is 0 Å². The van der Waals surface area contributed by atoms with Gasteiger partial charge in [0.1, 0.15) is 0 Å². The maximum atomic E-state index is 10.0. The minimum absolute atomic E-state index is 0.0944. The molecule has 2 heteroatoms. The van der Waals surface area contributed by atoms with Crippen molar-refractivity contribution in [3.05, 3.63) is 0 Å². The minimum Gasteiger partial charge on any atom is -0.331 e. The van der Waals surface area contributed by atoms with Gasteiger partial charge in [-0.25, -0.2) is 5.11 Å².